The molecule has 0 aliphatic rings. The first kappa shape index (κ1) is 10.8. The predicted octanol–water partition coefficient (Wildman–Crippen LogP) is 2.68. The summed E-state index contributed by atoms with van der Waals surface area (Å²) in [6, 6.07) is 0. The van der Waals surface area contributed by atoms with Gasteiger partial charge in [-0.2, -0.15) is 18.3 Å². The molecule has 0 spiro atoms. The molecule has 0 fully saturated rings. The van der Waals surface area contributed by atoms with Gasteiger partial charge in [0.25, 0.3) is 0 Å². The van der Waals surface area contributed by atoms with Crippen LogP contribution in [0, 0.1) is 6.92 Å². The van der Waals surface area contributed by atoms with E-state index < -0.39 is 11.9 Å². The average molecular weight is 304 g/mol. The molecule has 0 bridgehead atoms. The van der Waals surface area contributed by atoms with Gasteiger partial charge in [-0.05, 0) is 6.92 Å². The maximum Gasteiger partial charge on any atom is 0.433 e. The van der Waals surface area contributed by atoms with E-state index in [1.165, 1.54) is 14.0 Å². The normalized spacial score (nSPS) is 12.2. The highest BCUT2D eigenvalue weighted by atomic mass is 127. The Labute approximate surface area is 87.3 Å². The quantitative estimate of drug-likeness (QED) is 0.576. The van der Waals surface area contributed by atoms with E-state index in [0.29, 0.717) is 10.1 Å². The molecule has 1 heterocycles. The fourth-order valence-corrected chi connectivity index (χ4v) is 1.93. The molecule has 1 rings (SSSR count). The van der Waals surface area contributed by atoms with E-state index >= 15 is 0 Å². The summed E-state index contributed by atoms with van der Waals surface area (Å²) in [5.74, 6) is 0. The zero-order chi connectivity index (χ0) is 10.2. The average Bonchev–Trinajstić information content (AvgIpc) is 2.24. The fourth-order valence-electron chi connectivity index (χ4n) is 1.21. The molecule has 0 atom stereocenters. The fraction of sp³-hybridized carbons (Fsp3) is 0.571. The summed E-state index contributed by atoms with van der Waals surface area (Å²) in [7, 11) is 1.31. The number of rotatable bonds is 1. The van der Waals surface area contributed by atoms with Crippen molar-refractivity contribution in [1.29, 1.82) is 0 Å². The van der Waals surface area contributed by atoms with Gasteiger partial charge in [0, 0.05) is 17.0 Å². The van der Waals surface area contributed by atoms with Crippen LogP contribution in [0.4, 0.5) is 13.2 Å². The van der Waals surface area contributed by atoms with Crippen molar-refractivity contribution in [3.63, 3.8) is 0 Å². The largest absolute Gasteiger partial charge is 0.433 e. The van der Waals surface area contributed by atoms with Gasteiger partial charge in [0.1, 0.15) is 5.69 Å². The standard InChI is InChI=1S/C7H8F3IN2/c1-4-5(3-11)12-13(2)6(4)7(8,9)10/h3H2,1-2H3. The summed E-state index contributed by atoms with van der Waals surface area (Å²) in [5, 5.41) is 3.78. The SMILES string of the molecule is Cc1c(CI)nn(C)c1C(F)(F)F. The summed E-state index contributed by atoms with van der Waals surface area (Å²) in [6.45, 7) is 1.45. The lowest BCUT2D eigenvalue weighted by Crippen LogP contribution is -2.13. The molecule has 0 unspecified atom stereocenters. The Bertz CT molecular complexity index is 316. The van der Waals surface area contributed by atoms with Gasteiger partial charge < -0.3 is 0 Å². The van der Waals surface area contributed by atoms with Crippen molar-refractivity contribution in [2.24, 2.45) is 7.05 Å². The molecule has 0 aromatic carbocycles. The van der Waals surface area contributed by atoms with Crippen molar-refractivity contribution in [2.75, 3.05) is 0 Å². The van der Waals surface area contributed by atoms with Crippen molar-refractivity contribution in [3.05, 3.63) is 17.0 Å². The smallest absolute Gasteiger partial charge is 0.263 e. The lowest BCUT2D eigenvalue weighted by atomic mass is 10.2. The molecule has 1 aromatic heterocycles. The number of hydrogen-bond donors (Lipinski definition) is 0. The summed E-state index contributed by atoms with van der Waals surface area (Å²) in [4.78, 5) is 0. The summed E-state index contributed by atoms with van der Waals surface area (Å²) < 4.78 is 38.6. The number of alkyl halides is 4. The van der Waals surface area contributed by atoms with Crippen LogP contribution in [0.2, 0.25) is 0 Å². The van der Waals surface area contributed by atoms with Gasteiger partial charge in [0.2, 0.25) is 0 Å². The topological polar surface area (TPSA) is 17.8 Å². The first-order valence-electron chi connectivity index (χ1n) is 3.53. The minimum atomic E-state index is -4.31. The second kappa shape index (κ2) is 3.47. The van der Waals surface area contributed by atoms with Crippen molar-refractivity contribution in [3.8, 4) is 0 Å². The van der Waals surface area contributed by atoms with E-state index in [4.69, 9.17) is 0 Å². The Hall–Kier alpha value is -0.270. The summed E-state index contributed by atoms with van der Waals surface area (Å²) in [6.07, 6.45) is -4.31. The third-order valence-corrected chi connectivity index (χ3v) is 2.50. The third-order valence-electron chi connectivity index (χ3n) is 1.78. The highest BCUT2D eigenvalue weighted by Gasteiger charge is 2.37. The Morgan fingerprint density at radius 3 is 2.23 bits per heavy atom. The van der Waals surface area contributed by atoms with Gasteiger partial charge in [-0.1, -0.05) is 22.6 Å². The van der Waals surface area contributed by atoms with Crippen LogP contribution < -0.4 is 0 Å². The van der Waals surface area contributed by atoms with Crippen LogP contribution in [0.3, 0.4) is 0 Å². The minimum Gasteiger partial charge on any atom is -0.263 e. The first-order chi connectivity index (χ1) is 5.88. The predicted molar refractivity (Wildman–Crippen MR) is 50.7 cm³/mol. The van der Waals surface area contributed by atoms with Gasteiger partial charge >= 0.3 is 6.18 Å². The molecule has 2 nitrogen and oxygen atoms in total. The Morgan fingerprint density at radius 2 is 2.00 bits per heavy atom. The van der Waals surface area contributed by atoms with Gasteiger partial charge in [-0.3, -0.25) is 4.68 Å². The van der Waals surface area contributed by atoms with E-state index in [1.807, 2.05) is 22.6 Å². The van der Waals surface area contributed by atoms with Crippen LogP contribution in [-0.2, 0) is 17.7 Å². The number of nitrogens with zero attached hydrogens (tertiary/aromatic N) is 2. The molecular formula is C7H8F3IN2. The van der Waals surface area contributed by atoms with Crippen LogP contribution in [0.15, 0.2) is 0 Å². The molecule has 0 aliphatic carbocycles. The zero-order valence-corrected chi connectivity index (χ0v) is 9.27. The Balaban J connectivity index is 3.29. The maximum atomic E-state index is 12.4. The summed E-state index contributed by atoms with van der Waals surface area (Å²) >= 11 is 1.99. The monoisotopic (exact) mass is 304 g/mol. The van der Waals surface area contributed by atoms with Crippen molar-refractivity contribution in [1.82, 2.24) is 9.78 Å². The van der Waals surface area contributed by atoms with Crippen LogP contribution in [0.5, 0.6) is 0 Å². The third kappa shape index (κ3) is 1.97. The number of halogens is 4. The number of hydrogen-bond acceptors (Lipinski definition) is 1. The molecule has 0 saturated carbocycles. The Morgan fingerprint density at radius 1 is 1.46 bits per heavy atom. The molecule has 13 heavy (non-hydrogen) atoms. The lowest BCUT2D eigenvalue weighted by molar-refractivity contribution is -0.144. The molecular weight excluding hydrogens is 296 g/mol. The highest BCUT2D eigenvalue weighted by Crippen LogP contribution is 2.32. The van der Waals surface area contributed by atoms with Crippen LogP contribution in [0.1, 0.15) is 17.0 Å². The highest BCUT2D eigenvalue weighted by molar-refractivity contribution is 14.1. The number of aromatic nitrogens is 2. The zero-order valence-electron chi connectivity index (χ0n) is 7.11. The molecule has 0 saturated heterocycles. The Kier molecular flexibility index (Phi) is 2.88. The van der Waals surface area contributed by atoms with Crippen LogP contribution in [0.25, 0.3) is 0 Å². The van der Waals surface area contributed by atoms with Crippen molar-refractivity contribution >= 4 is 22.6 Å². The minimum absolute atomic E-state index is 0.226. The second-order valence-corrected chi connectivity index (χ2v) is 3.44. The molecule has 74 valence electrons. The van der Waals surface area contributed by atoms with Crippen LogP contribution in [-0.4, -0.2) is 9.78 Å². The maximum absolute atomic E-state index is 12.4. The number of aryl methyl sites for hydroxylation is 1. The van der Waals surface area contributed by atoms with Gasteiger partial charge in [0.05, 0.1) is 5.69 Å². The van der Waals surface area contributed by atoms with Gasteiger partial charge in [-0.15, -0.1) is 0 Å². The van der Waals surface area contributed by atoms with E-state index in [2.05, 4.69) is 5.10 Å². The van der Waals surface area contributed by atoms with E-state index in [0.717, 1.165) is 4.68 Å². The second-order valence-electron chi connectivity index (χ2n) is 2.68. The van der Waals surface area contributed by atoms with Crippen molar-refractivity contribution < 1.29 is 13.2 Å². The molecule has 0 amide bonds. The van der Waals surface area contributed by atoms with Crippen molar-refractivity contribution in [2.45, 2.75) is 17.5 Å². The summed E-state index contributed by atoms with van der Waals surface area (Å²) in [5.41, 5.74) is 0.0685. The molecule has 0 aliphatic heterocycles. The van der Waals surface area contributed by atoms with E-state index in [1.54, 1.807) is 0 Å². The van der Waals surface area contributed by atoms with E-state index in [-0.39, 0.29) is 5.56 Å². The molecule has 0 radical (unpaired) electrons. The molecule has 1 aromatic rings. The lowest BCUT2D eigenvalue weighted by Gasteiger charge is -2.07. The van der Waals surface area contributed by atoms with Gasteiger partial charge in [0.15, 0.2) is 0 Å². The first-order valence-corrected chi connectivity index (χ1v) is 5.06. The van der Waals surface area contributed by atoms with E-state index in [9.17, 15) is 13.2 Å². The van der Waals surface area contributed by atoms with Gasteiger partial charge in [-0.25, -0.2) is 0 Å². The molecule has 6 heteroatoms. The molecule has 0 N–H and O–H groups in total. The van der Waals surface area contributed by atoms with Crippen LogP contribution >= 0.6 is 22.6 Å².